The summed E-state index contributed by atoms with van der Waals surface area (Å²) in [5, 5.41) is 0. The average Bonchev–Trinajstić information content (AvgIpc) is 3.14. The number of benzene rings is 2. The highest BCUT2D eigenvalue weighted by molar-refractivity contribution is 7.56. The van der Waals surface area contributed by atoms with Gasteiger partial charge in [0, 0.05) is 17.0 Å². The Morgan fingerprint density at radius 3 is 1.19 bits per heavy atom. The molecule has 5 nitrogen and oxygen atoms in total. The number of hydrogen-bond donors (Lipinski definition) is 0. The first-order chi connectivity index (χ1) is 27.3. The molecule has 0 spiro atoms. The lowest BCUT2D eigenvalue weighted by atomic mass is 9.76. The van der Waals surface area contributed by atoms with Crippen molar-refractivity contribution in [3.8, 4) is 11.5 Å². The molecule has 4 bridgehead atoms. The average molecular weight is 829 g/mol. The van der Waals surface area contributed by atoms with E-state index >= 15 is 0 Å². The minimum atomic E-state index is -1.91. The van der Waals surface area contributed by atoms with E-state index in [4.69, 9.17) is 22.4 Å². The first-order valence-corrected chi connectivity index (χ1v) is 25.7. The van der Waals surface area contributed by atoms with Gasteiger partial charge in [-0.05, 0) is 78.3 Å². The summed E-state index contributed by atoms with van der Waals surface area (Å²) in [5.41, 5.74) is 7.32. The van der Waals surface area contributed by atoms with E-state index in [1.54, 1.807) is 0 Å². The molecule has 6 rings (SSSR count). The van der Waals surface area contributed by atoms with Gasteiger partial charge in [0.15, 0.2) is 0 Å². The summed E-state index contributed by atoms with van der Waals surface area (Å²) in [6.45, 7) is 26.2. The molecule has 0 N–H and O–H groups in total. The molecule has 4 aliphatic rings. The first-order valence-electron chi connectivity index (χ1n) is 23.5. The molecule has 0 amide bonds. The Labute approximate surface area is 354 Å². The maximum Gasteiger partial charge on any atom is 0.470 e. The Kier molecular flexibility index (Phi) is 23.6. The van der Waals surface area contributed by atoms with Gasteiger partial charge in [-0.2, -0.15) is 0 Å². The smallest absolute Gasteiger partial charge is 0.417 e. The van der Waals surface area contributed by atoms with E-state index < -0.39 is 17.2 Å². The van der Waals surface area contributed by atoms with E-state index in [0.717, 1.165) is 37.2 Å². The zero-order valence-corrected chi connectivity index (χ0v) is 40.6. The fraction of sp³-hybridized carbons (Fsp3) is 0.760. The fourth-order valence-corrected chi connectivity index (χ4v) is 10.4. The molecular weight excluding hydrogens is 742 g/mol. The predicted octanol–water partition coefficient (Wildman–Crippen LogP) is 17.9. The van der Waals surface area contributed by atoms with Gasteiger partial charge in [0.2, 0.25) is 0 Å². The third kappa shape index (κ3) is 18.1. The molecule has 7 heteroatoms. The molecule has 0 radical (unpaired) electrons. The van der Waals surface area contributed by atoms with Crippen LogP contribution < -0.4 is 9.05 Å². The molecule has 2 aromatic carbocycles. The van der Waals surface area contributed by atoms with Gasteiger partial charge in [-0.25, -0.2) is 4.31 Å². The van der Waals surface area contributed by atoms with Gasteiger partial charge in [-0.15, -0.1) is 0 Å². The van der Waals surface area contributed by atoms with E-state index in [1.807, 2.05) is 0 Å². The maximum atomic E-state index is 6.96. The minimum Gasteiger partial charge on any atom is -0.417 e. The lowest BCUT2D eigenvalue weighted by Gasteiger charge is -2.33. The molecule has 2 aromatic rings. The Morgan fingerprint density at radius 2 is 0.860 bits per heavy atom. The molecule has 0 aliphatic carbocycles. The number of unbranched alkanes of at least 4 members (excludes halogenated alkanes) is 18. The van der Waals surface area contributed by atoms with Crippen LogP contribution in [0.4, 0.5) is 0 Å². The summed E-state index contributed by atoms with van der Waals surface area (Å²) in [4.78, 5) is 0. The van der Waals surface area contributed by atoms with Crippen LogP contribution in [0.5, 0.6) is 11.5 Å². The molecule has 0 fully saturated rings. The summed E-state index contributed by atoms with van der Waals surface area (Å²) in [6, 6.07) is 9.28. The van der Waals surface area contributed by atoms with Crippen molar-refractivity contribution < 1.29 is 22.4 Å². The summed E-state index contributed by atoms with van der Waals surface area (Å²) in [5.74, 6) is 1.95. The van der Waals surface area contributed by atoms with Crippen molar-refractivity contribution in [1.82, 2.24) is 0 Å². The van der Waals surface area contributed by atoms with Crippen molar-refractivity contribution in [2.75, 3.05) is 13.2 Å². The lowest BCUT2D eigenvalue weighted by molar-refractivity contribution is 0.193. The van der Waals surface area contributed by atoms with Crippen LogP contribution in [-0.2, 0) is 24.2 Å². The monoisotopic (exact) mass is 829 g/mol. The molecule has 0 saturated heterocycles. The molecule has 57 heavy (non-hydrogen) atoms. The maximum absolute atomic E-state index is 6.96. The van der Waals surface area contributed by atoms with Crippen LogP contribution in [-0.4, -0.2) is 13.2 Å². The third-order valence-corrected chi connectivity index (χ3v) is 14.1. The van der Waals surface area contributed by atoms with Crippen molar-refractivity contribution in [2.24, 2.45) is 0 Å². The molecule has 0 saturated carbocycles. The van der Waals surface area contributed by atoms with E-state index in [9.17, 15) is 0 Å². The summed E-state index contributed by atoms with van der Waals surface area (Å²) in [6.07, 6.45) is 27.9. The molecule has 4 heterocycles. The molecule has 0 aromatic heterocycles. The molecule has 326 valence electrons. The van der Waals surface area contributed by atoms with E-state index in [-0.39, 0.29) is 10.8 Å². The highest BCUT2D eigenvalue weighted by atomic mass is 31.2. The van der Waals surface area contributed by atoms with Crippen molar-refractivity contribution >= 4 is 17.2 Å². The van der Waals surface area contributed by atoms with E-state index in [2.05, 4.69) is 100 Å². The Bertz CT molecular complexity index is 1300. The first kappa shape index (κ1) is 50.1. The fourth-order valence-electron chi connectivity index (χ4n) is 8.05. The summed E-state index contributed by atoms with van der Waals surface area (Å²) in [7, 11) is -3.60. The quantitative estimate of drug-likeness (QED) is 0.0631. The molecular formula is C50H86O5P2. The van der Waals surface area contributed by atoms with Gasteiger partial charge in [-0.1, -0.05) is 196 Å². The van der Waals surface area contributed by atoms with Crippen LogP contribution in [0.1, 0.15) is 243 Å². The number of hydrogen-bond acceptors (Lipinski definition) is 5. The SMILES string of the molecule is CCCCCCCCCCCCOP(OCCCCCCCCCCCC)OP1Oc2cc(C)c(cc2C(C)(C)C)C(CCC)c2cc(C(C)(C)C)c(cc2C)O1. The Balaban J connectivity index is 1.83. The van der Waals surface area contributed by atoms with Crippen LogP contribution in [0.25, 0.3) is 0 Å². The zero-order chi connectivity index (χ0) is 41.7. The van der Waals surface area contributed by atoms with Crippen molar-refractivity contribution in [3.05, 3.63) is 57.6 Å². The van der Waals surface area contributed by atoms with Crippen molar-refractivity contribution in [1.29, 1.82) is 0 Å². The van der Waals surface area contributed by atoms with Crippen LogP contribution >= 0.6 is 17.2 Å². The van der Waals surface area contributed by atoms with Gasteiger partial charge < -0.3 is 18.1 Å². The zero-order valence-electron chi connectivity index (χ0n) is 38.8. The third-order valence-electron chi connectivity index (χ3n) is 11.5. The van der Waals surface area contributed by atoms with Gasteiger partial charge in [0.1, 0.15) is 11.5 Å². The van der Waals surface area contributed by atoms with Gasteiger partial charge >= 0.3 is 17.2 Å². The predicted molar refractivity (Wildman–Crippen MR) is 248 cm³/mol. The van der Waals surface area contributed by atoms with Crippen molar-refractivity contribution in [3.63, 3.8) is 0 Å². The second kappa shape index (κ2) is 26.9. The van der Waals surface area contributed by atoms with Gasteiger partial charge in [0.25, 0.3) is 0 Å². The topological polar surface area (TPSA) is 46.2 Å². The molecule has 0 unspecified atom stereocenters. The van der Waals surface area contributed by atoms with Crippen LogP contribution in [0.2, 0.25) is 0 Å². The number of aryl methyl sites for hydroxylation is 2. The summed E-state index contributed by atoms with van der Waals surface area (Å²) < 4.78 is 33.7. The molecule has 0 atom stereocenters. The van der Waals surface area contributed by atoms with Crippen LogP contribution in [0, 0.1) is 13.8 Å². The van der Waals surface area contributed by atoms with Crippen molar-refractivity contribution in [2.45, 2.75) is 234 Å². The second-order valence-corrected chi connectivity index (χ2v) is 21.4. The molecule has 4 aliphatic heterocycles. The Hall–Kier alpha value is -1.22. The highest BCUT2D eigenvalue weighted by Gasteiger charge is 2.34. The van der Waals surface area contributed by atoms with E-state index in [1.165, 1.54) is 149 Å². The van der Waals surface area contributed by atoms with Crippen LogP contribution in [0.3, 0.4) is 0 Å². The van der Waals surface area contributed by atoms with E-state index in [0.29, 0.717) is 19.1 Å². The second-order valence-electron chi connectivity index (χ2n) is 19.0. The number of rotatable bonds is 28. The van der Waals surface area contributed by atoms with Gasteiger partial charge in [0.05, 0.1) is 13.2 Å². The van der Waals surface area contributed by atoms with Gasteiger partial charge in [-0.3, -0.25) is 0 Å². The normalized spacial score (nSPS) is 15.9. The van der Waals surface area contributed by atoms with Crippen LogP contribution in [0.15, 0.2) is 24.3 Å². The lowest BCUT2D eigenvalue weighted by Crippen LogP contribution is -2.19. The summed E-state index contributed by atoms with van der Waals surface area (Å²) >= 11 is 0. The minimum absolute atomic E-state index is 0.142. The largest absolute Gasteiger partial charge is 0.470 e. The highest BCUT2D eigenvalue weighted by Crippen LogP contribution is 2.58. The Morgan fingerprint density at radius 1 is 0.509 bits per heavy atom. The standard InChI is InChI=1S/C50H86O5P2/c1-12-15-17-19-21-23-25-27-29-31-34-51-56(52-35-32-30-28-26-24-22-20-18-16-13-2)55-57-53-47-36-40(4)43(38-45(47)49(6,7)8)42(33-14-3)44-39-46(50(9,10)11)48(54-57)37-41(44)5/h36-39,42H,12-35H2,1-11H3.